The van der Waals surface area contributed by atoms with Crippen LogP contribution in [0.1, 0.15) is 34.9 Å². The molecule has 1 aromatic heterocycles. The van der Waals surface area contributed by atoms with Crippen LogP contribution in [0.2, 0.25) is 0 Å². The standard InChI is InChI=1S/C31H28FN5O4S/c32-27-13-17-29(18-14-27)42(40,41)36(20-19-30(25-7-3-1-4-8-25)26-9-5-2-6-10-26)22-31-34-33-23-35(31)21-24-11-15-28(16-12-24)37(38)39/h1-18,23,30H,19-22H2. The Balaban J connectivity index is 1.45. The second kappa shape index (κ2) is 12.8. The van der Waals surface area contributed by atoms with Gasteiger partial charge in [-0.25, -0.2) is 12.8 Å². The van der Waals surface area contributed by atoms with Crippen molar-refractivity contribution in [1.82, 2.24) is 19.1 Å². The van der Waals surface area contributed by atoms with Crippen LogP contribution in [0.5, 0.6) is 0 Å². The predicted octanol–water partition coefficient (Wildman–Crippen LogP) is 5.79. The van der Waals surface area contributed by atoms with Crippen LogP contribution in [0.25, 0.3) is 0 Å². The number of non-ortho nitro benzene ring substituents is 1. The highest BCUT2D eigenvalue weighted by molar-refractivity contribution is 7.89. The summed E-state index contributed by atoms with van der Waals surface area (Å²) in [5.41, 5.74) is 2.86. The molecule has 0 spiro atoms. The maximum Gasteiger partial charge on any atom is 0.269 e. The molecule has 5 aromatic rings. The number of nitrogens with zero attached hydrogens (tertiary/aromatic N) is 5. The Hall–Kier alpha value is -4.74. The monoisotopic (exact) mass is 585 g/mol. The SMILES string of the molecule is O=[N+]([O-])c1ccc(Cn2cnnc2CN(CCC(c2ccccc2)c2ccccc2)S(=O)(=O)c2ccc(F)cc2)cc1. The van der Waals surface area contributed by atoms with Crippen molar-refractivity contribution >= 4 is 15.7 Å². The molecule has 0 N–H and O–H groups in total. The average molecular weight is 586 g/mol. The lowest BCUT2D eigenvalue weighted by molar-refractivity contribution is -0.384. The second-order valence-corrected chi connectivity index (χ2v) is 11.7. The molecule has 1 heterocycles. The van der Waals surface area contributed by atoms with Crippen molar-refractivity contribution in [2.24, 2.45) is 0 Å². The minimum atomic E-state index is -4.05. The molecule has 0 saturated heterocycles. The molecule has 0 atom stereocenters. The molecule has 0 saturated carbocycles. The summed E-state index contributed by atoms with van der Waals surface area (Å²) in [6.07, 6.45) is 1.97. The minimum absolute atomic E-state index is 0.0225. The van der Waals surface area contributed by atoms with E-state index in [1.54, 1.807) is 16.7 Å². The first-order valence-corrected chi connectivity index (χ1v) is 14.7. The summed E-state index contributed by atoms with van der Waals surface area (Å²) in [7, 11) is -4.05. The largest absolute Gasteiger partial charge is 0.312 e. The van der Waals surface area contributed by atoms with Gasteiger partial charge < -0.3 is 4.57 Å². The quantitative estimate of drug-likeness (QED) is 0.135. The Morgan fingerprint density at radius 1 is 0.857 bits per heavy atom. The molecule has 0 bridgehead atoms. The molecule has 214 valence electrons. The molecule has 0 unspecified atom stereocenters. The van der Waals surface area contributed by atoms with Crippen molar-refractivity contribution in [3.8, 4) is 0 Å². The zero-order valence-corrected chi connectivity index (χ0v) is 23.3. The van der Waals surface area contributed by atoms with E-state index in [2.05, 4.69) is 10.2 Å². The highest BCUT2D eigenvalue weighted by Crippen LogP contribution is 2.30. The van der Waals surface area contributed by atoms with E-state index >= 15 is 0 Å². The van der Waals surface area contributed by atoms with Gasteiger partial charge in [-0.15, -0.1) is 10.2 Å². The van der Waals surface area contributed by atoms with Crippen LogP contribution in [-0.4, -0.2) is 39.0 Å². The van der Waals surface area contributed by atoms with E-state index in [1.807, 2.05) is 60.7 Å². The van der Waals surface area contributed by atoms with Gasteiger partial charge in [-0.1, -0.05) is 72.8 Å². The fourth-order valence-electron chi connectivity index (χ4n) is 4.82. The molecule has 5 rings (SSSR count). The lowest BCUT2D eigenvalue weighted by atomic mass is 9.88. The zero-order valence-electron chi connectivity index (χ0n) is 22.5. The van der Waals surface area contributed by atoms with Gasteiger partial charge in [-0.3, -0.25) is 10.1 Å². The summed E-state index contributed by atoms with van der Waals surface area (Å²) in [5, 5.41) is 19.2. The van der Waals surface area contributed by atoms with E-state index in [-0.39, 0.29) is 29.6 Å². The molecule has 9 nitrogen and oxygen atoms in total. The molecule has 0 amide bonds. The van der Waals surface area contributed by atoms with E-state index in [0.717, 1.165) is 28.8 Å². The van der Waals surface area contributed by atoms with Crippen molar-refractivity contribution in [3.05, 3.63) is 154 Å². The van der Waals surface area contributed by atoms with Gasteiger partial charge in [-0.05, 0) is 47.4 Å². The number of rotatable bonds is 12. The fraction of sp³-hybridized carbons (Fsp3) is 0.161. The highest BCUT2D eigenvalue weighted by atomic mass is 32.2. The van der Waals surface area contributed by atoms with Crippen molar-refractivity contribution in [1.29, 1.82) is 0 Å². The first-order valence-electron chi connectivity index (χ1n) is 13.3. The Bertz CT molecular complexity index is 1690. The van der Waals surface area contributed by atoms with Gasteiger partial charge in [0.25, 0.3) is 5.69 Å². The van der Waals surface area contributed by atoms with Gasteiger partial charge >= 0.3 is 0 Å². The molecule has 0 radical (unpaired) electrons. The Morgan fingerprint density at radius 2 is 1.45 bits per heavy atom. The third-order valence-corrected chi connectivity index (χ3v) is 8.90. The third kappa shape index (κ3) is 6.76. The number of nitro groups is 1. The van der Waals surface area contributed by atoms with Gasteiger partial charge in [0, 0.05) is 24.6 Å². The molecule has 11 heteroatoms. The van der Waals surface area contributed by atoms with Crippen LogP contribution < -0.4 is 0 Å². The van der Waals surface area contributed by atoms with E-state index in [1.165, 1.54) is 34.9 Å². The van der Waals surface area contributed by atoms with E-state index < -0.39 is 20.8 Å². The number of nitro benzene ring substituents is 1. The Kier molecular flexibility index (Phi) is 8.80. The predicted molar refractivity (Wildman–Crippen MR) is 156 cm³/mol. The summed E-state index contributed by atoms with van der Waals surface area (Å²) in [6.45, 7) is 0.364. The summed E-state index contributed by atoms with van der Waals surface area (Å²) < 4.78 is 44.5. The number of hydrogen-bond acceptors (Lipinski definition) is 6. The van der Waals surface area contributed by atoms with Crippen LogP contribution in [0, 0.1) is 15.9 Å². The molecule has 4 aromatic carbocycles. The van der Waals surface area contributed by atoms with Crippen LogP contribution in [0.3, 0.4) is 0 Å². The summed E-state index contributed by atoms with van der Waals surface area (Å²) in [6, 6.07) is 30.7. The number of hydrogen-bond donors (Lipinski definition) is 0. The zero-order chi connectivity index (χ0) is 29.5. The molecule has 0 aliphatic rings. The van der Waals surface area contributed by atoms with Gasteiger partial charge in [0.1, 0.15) is 18.0 Å². The smallest absolute Gasteiger partial charge is 0.269 e. The number of benzene rings is 4. The van der Waals surface area contributed by atoms with Gasteiger partial charge in [0.2, 0.25) is 10.0 Å². The van der Waals surface area contributed by atoms with E-state index in [0.29, 0.717) is 18.8 Å². The Labute approximate surface area is 243 Å². The summed E-state index contributed by atoms with van der Waals surface area (Å²) in [4.78, 5) is 10.5. The molecule has 42 heavy (non-hydrogen) atoms. The van der Waals surface area contributed by atoms with Gasteiger partial charge in [0.15, 0.2) is 0 Å². The van der Waals surface area contributed by atoms with Crippen LogP contribution >= 0.6 is 0 Å². The van der Waals surface area contributed by atoms with E-state index in [9.17, 15) is 22.9 Å². The highest BCUT2D eigenvalue weighted by Gasteiger charge is 2.28. The second-order valence-electron chi connectivity index (χ2n) is 9.75. The number of halogens is 1. The van der Waals surface area contributed by atoms with Crippen molar-refractivity contribution in [2.45, 2.75) is 30.3 Å². The summed E-state index contributed by atoms with van der Waals surface area (Å²) >= 11 is 0. The molecular formula is C31H28FN5O4S. The van der Waals surface area contributed by atoms with Crippen LogP contribution in [0.15, 0.2) is 120 Å². The van der Waals surface area contributed by atoms with Gasteiger partial charge in [-0.2, -0.15) is 4.31 Å². The number of aromatic nitrogens is 3. The summed E-state index contributed by atoms with van der Waals surface area (Å²) in [5.74, 6) is -0.206. The van der Waals surface area contributed by atoms with E-state index in [4.69, 9.17) is 0 Å². The maximum absolute atomic E-state index is 13.9. The lowest BCUT2D eigenvalue weighted by Gasteiger charge is -2.25. The van der Waals surface area contributed by atoms with Crippen molar-refractivity contribution < 1.29 is 17.7 Å². The van der Waals surface area contributed by atoms with Crippen LogP contribution in [0.4, 0.5) is 10.1 Å². The van der Waals surface area contributed by atoms with Crippen molar-refractivity contribution in [3.63, 3.8) is 0 Å². The Morgan fingerprint density at radius 3 is 2.02 bits per heavy atom. The first-order chi connectivity index (χ1) is 20.3. The number of sulfonamides is 1. The fourth-order valence-corrected chi connectivity index (χ4v) is 6.23. The molecule has 0 aliphatic carbocycles. The third-order valence-electron chi connectivity index (χ3n) is 7.04. The maximum atomic E-state index is 13.9. The minimum Gasteiger partial charge on any atom is -0.312 e. The molecular weight excluding hydrogens is 557 g/mol. The van der Waals surface area contributed by atoms with Crippen LogP contribution in [-0.2, 0) is 23.1 Å². The molecule has 0 aliphatic heterocycles. The molecule has 0 fully saturated rings. The first kappa shape index (κ1) is 28.8. The van der Waals surface area contributed by atoms with Gasteiger partial charge in [0.05, 0.1) is 22.9 Å². The normalized spacial score (nSPS) is 11.7. The average Bonchev–Trinajstić information content (AvgIpc) is 3.44. The topological polar surface area (TPSA) is 111 Å². The lowest BCUT2D eigenvalue weighted by Crippen LogP contribution is -2.33. The van der Waals surface area contributed by atoms with Crippen molar-refractivity contribution in [2.75, 3.05) is 6.54 Å².